The van der Waals surface area contributed by atoms with Crippen LogP contribution in [-0.4, -0.2) is 5.24 Å². The van der Waals surface area contributed by atoms with Crippen LogP contribution in [0.4, 0.5) is 0 Å². The zero-order valence-electron chi connectivity index (χ0n) is 6.20. The predicted octanol–water partition coefficient (Wildman–Crippen LogP) is 3.79. The van der Waals surface area contributed by atoms with E-state index in [9.17, 15) is 4.79 Å². The molecule has 0 aromatic heterocycles. The first-order valence-electron chi connectivity index (χ1n) is 3.18. The molecule has 0 bridgehead atoms. The van der Waals surface area contributed by atoms with Crippen molar-refractivity contribution in [3.63, 3.8) is 0 Å². The van der Waals surface area contributed by atoms with Crippen LogP contribution in [0.1, 0.15) is 15.9 Å². The second kappa shape index (κ2) is 3.77. The third kappa shape index (κ3) is 1.82. The summed E-state index contributed by atoms with van der Waals surface area (Å²) in [7, 11) is 0. The smallest absolute Gasteiger partial charge is 0.254 e. The van der Waals surface area contributed by atoms with Gasteiger partial charge in [0.1, 0.15) is 0 Å². The third-order valence-corrected chi connectivity index (χ3v) is 2.91. The summed E-state index contributed by atoms with van der Waals surface area (Å²) in [4.78, 5) is 10.9. The Morgan fingerprint density at radius 1 is 1.50 bits per heavy atom. The van der Waals surface area contributed by atoms with E-state index in [1.165, 1.54) is 0 Å². The molecule has 1 rings (SSSR count). The molecular weight excluding hydrogens is 263 g/mol. The van der Waals surface area contributed by atoms with Crippen molar-refractivity contribution in [1.82, 2.24) is 0 Å². The number of benzene rings is 1. The Bertz CT molecular complexity index is 336. The third-order valence-electron chi connectivity index (χ3n) is 1.54. The van der Waals surface area contributed by atoms with E-state index in [-0.39, 0.29) is 0 Å². The van der Waals surface area contributed by atoms with Crippen LogP contribution in [-0.2, 0) is 0 Å². The molecule has 0 atom stereocenters. The van der Waals surface area contributed by atoms with Gasteiger partial charge in [-0.3, -0.25) is 4.79 Å². The van der Waals surface area contributed by atoms with Gasteiger partial charge in [0.15, 0.2) is 0 Å². The van der Waals surface area contributed by atoms with Crippen molar-refractivity contribution in [2.45, 2.75) is 6.92 Å². The summed E-state index contributed by atoms with van der Waals surface area (Å²) in [6.07, 6.45) is 0. The average molecular weight is 268 g/mol. The summed E-state index contributed by atoms with van der Waals surface area (Å²) >= 11 is 14.4. The maximum absolute atomic E-state index is 10.9. The first kappa shape index (κ1) is 10.0. The Kier molecular flexibility index (Phi) is 3.16. The van der Waals surface area contributed by atoms with E-state index >= 15 is 0 Å². The molecule has 0 fully saturated rings. The molecule has 64 valence electrons. The predicted molar refractivity (Wildman–Crippen MR) is 54.1 cm³/mol. The molecule has 0 aliphatic carbocycles. The van der Waals surface area contributed by atoms with Crippen LogP contribution < -0.4 is 0 Å². The van der Waals surface area contributed by atoms with Gasteiger partial charge in [-0.2, -0.15) is 0 Å². The molecule has 0 N–H and O–H groups in total. The fraction of sp³-hybridized carbons (Fsp3) is 0.125. The van der Waals surface area contributed by atoms with Gasteiger partial charge in [-0.05, 0) is 36.2 Å². The lowest BCUT2D eigenvalue weighted by molar-refractivity contribution is 0.108. The molecule has 0 radical (unpaired) electrons. The van der Waals surface area contributed by atoms with Crippen molar-refractivity contribution in [3.05, 3.63) is 32.8 Å². The number of halogens is 3. The van der Waals surface area contributed by atoms with Crippen LogP contribution in [0.15, 0.2) is 16.6 Å². The second-order valence-corrected chi connectivity index (χ2v) is 3.91. The maximum Gasteiger partial charge on any atom is 0.254 e. The first-order chi connectivity index (χ1) is 5.54. The van der Waals surface area contributed by atoms with Crippen molar-refractivity contribution in [2.24, 2.45) is 0 Å². The summed E-state index contributed by atoms with van der Waals surface area (Å²) in [5, 5.41) is -0.144. The van der Waals surface area contributed by atoms with Crippen LogP contribution in [0.2, 0.25) is 5.02 Å². The van der Waals surface area contributed by atoms with E-state index < -0.39 is 5.24 Å². The Morgan fingerprint density at radius 3 is 2.50 bits per heavy atom. The lowest BCUT2D eigenvalue weighted by Crippen LogP contribution is -1.95. The average Bonchev–Trinajstić information content (AvgIpc) is 1.97. The Morgan fingerprint density at radius 2 is 2.08 bits per heavy atom. The fourth-order valence-electron chi connectivity index (χ4n) is 0.894. The van der Waals surface area contributed by atoms with Gasteiger partial charge in [0.2, 0.25) is 0 Å². The molecule has 1 nitrogen and oxygen atoms in total. The summed E-state index contributed by atoms with van der Waals surface area (Å²) < 4.78 is 0.830. The molecule has 0 aliphatic rings. The topological polar surface area (TPSA) is 17.1 Å². The quantitative estimate of drug-likeness (QED) is 0.708. The van der Waals surface area contributed by atoms with E-state index in [4.69, 9.17) is 23.2 Å². The Balaban J connectivity index is 3.43. The van der Waals surface area contributed by atoms with Gasteiger partial charge >= 0.3 is 0 Å². The van der Waals surface area contributed by atoms with E-state index in [0.29, 0.717) is 10.6 Å². The van der Waals surface area contributed by atoms with E-state index in [1.807, 2.05) is 0 Å². The van der Waals surface area contributed by atoms with Crippen molar-refractivity contribution in [3.8, 4) is 0 Å². The highest BCUT2D eigenvalue weighted by Gasteiger charge is 2.12. The molecule has 12 heavy (non-hydrogen) atoms. The molecule has 0 aliphatic heterocycles. The van der Waals surface area contributed by atoms with E-state index in [0.717, 1.165) is 10.0 Å². The highest BCUT2D eigenvalue weighted by Crippen LogP contribution is 2.27. The van der Waals surface area contributed by atoms with Gasteiger partial charge in [0, 0.05) is 4.47 Å². The molecule has 0 amide bonds. The summed E-state index contributed by atoms with van der Waals surface area (Å²) in [5.74, 6) is 0. The lowest BCUT2D eigenvalue weighted by atomic mass is 10.1. The molecule has 1 aromatic rings. The van der Waals surface area contributed by atoms with Crippen molar-refractivity contribution in [2.75, 3.05) is 0 Å². The van der Waals surface area contributed by atoms with Crippen LogP contribution in [0.3, 0.4) is 0 Å². The molecule has 1 aromatic carbocycles. The number of rotatable bonds is 1. The van der Waals surface area contributed by atoms with Gasteiger partial charge in [-0.15, -0.1) is 0 Å². The number of hydrogen-bond donors (Lipinski definition) is 0. The normalized spacial score (nSPS) is 10.0. The molecule has 0 spiro atoms. The summed E-state index contributed by atoms with van der Waals surface area (Å²) in [6, 6.07) is 3.41. The minimum absolute atomic E-state index is 0.368. The summed E-state index contributed by atoms with van der Waals surface area (Å²) in [6.45, 7) is 1.78. The van der Waals surface area contributed by atoms with Crippen molar-refractivity contribution < 1.29 is 4.79 Å². The van der Waals surface area contributed by atoms with Crippen molar-refractivity contribution in [1.29, 1.82) is 0 Å². The van der Waals surface area contributed by atoms with Gasteiger partial charge in [-0.25, -0.2) is 0 Å². The molecule has 0 saturated carbocycles. The van der Waals surface area contributed by atoms with Crippen LogP contribution in [0.5, 0.6) is 0 Å². The van der Waals surface area contributed by atoms with Crippen LogP contribution >= 0.6 is 39.1 Å². The molecule has 0 heterocycles. The largest absolute Gasteiger partial charge is 0.276 e. The van der Waals surface area contributed by atoms with E-state index in [2.05, 4.69) is 15.9 Å². The van der Waals surface area contributed by atoms with Gasteiger partial charge < -0.3 is 0 Å². The van der Waals surface area contributed by atoms with Crippen LogP contribution in [0, 0.1) is 6.92 Å². The fourth-order valence-corrected chi connectivity index (χ4v) is 1.81. The highest BCUT2D eigenvalue weighted by molar-refractivity contribution is 9.10. The zero-order valence-corrected chi connectivity index (χ0v) is 9.29. The molecular formula is C8H5BrCl2O. The molecule has 0 unspecified atom stereocenters. The summed E-state index contributed by atoms with van der Waals surface area (Å²) in [5.41, 5.74) is 1.13. The SMILES string of the molecule is Cc1c(Br)ccc(Cl)c1C(=O)Cl. The van der Waals surface area contributed by atoms with E-state index in [1.54, 1.807) is 19.1 Å². The Hall–Kier alpha value is -0.0500. The molecule has 0 saturated heterocycles. The molecule has 4 heteroatoms. The minimum Gasteiger partial charge on any atom is -0.276 e. The second-order valence-electron chi connectivity index (χ2n) is 2.30. The number of carbonyl (C=O) groups is 1. The number of hydrogen-bond acceptors (Lipinski definition) is 1. The Labute approximate surface area is 88.8 Å². The monoisotopic (exact) mass is 266 g/mol. The zero-order chi connectivity index (χ0) is 9.30. The van der Waals surface area contributed by atoms with Gasteiger partial charge in [-0.1, -0.05) is 27.5 Å². The lowest BCUT2D eigenvalue weighted by Gasteiger charge is -2.04. The number of carbonyl (C=O) groups excluding carboxylic acids is 1. The minimum atomic E-state index is -0.529. The van der Waals surface area contributed by atoms with Crippen LogP contribution in [0.25, 0.3) is 0 Å². The highest BCUT2D eigenvalue weighted by atomic mass is 79.9. The maximum atomic E-state index is 10.9. The van der Waals surface area contributed by atoms with Gasteiger partial charge in [0.25, 0.3) is 5.24 Å². The van der Waals surface area contributed by atoms with Gasteiger partial charge in [0.05, 0.1) is 10.6 Å². The standard InChI is InChI=1S/C8H5BrCl2O/c1-4-5(9)2-3-6(10)7(4)8(11)12/h2-3H,1H3. The van der Waals surface area contributed by atoms with Crippen molar-refractivity contribution >= 4 is 44.4 Å². The first-order valence-corrected chi connectivity index (χ1v) is 4.73.